The number of ether oxygens (including phenoxy) is 1. The standard InChI is InChI=1S/C27H29F3IN3O4/c1-25(2,3)38-24(36)34-11-9-19(10-12-34)26(37,15-17-5-4-6-20(31)13-17)23(35)33-21-8-7-18(16-32)22(14-21)27(28,29)30/h4-8,13-14,19,37H,9-12,15H2,1-3H3,(H,33,35). The molecule has 1 saturated heterocycles. The normalized spacial score (nSPS) is 16.3. The van der Waals surface area contributed by atoms with Gasteiger partial charge in [-0.05, 0) is 92.1 Å². The molecule has 38 heavy (non-hydrogen) atoms. The van der Waals surface area contributed by atoms with Crippen LogP contribution in [0, 0.1) is 20.8 Å². The molecule has 0 aliphatic carbocycles. The third-order valence-corrected chi connectivity index (χ3v) is 6.95. The molecular weight excluding hydrogens is 614 g/mol. The number of rotatable bonds is 5. The van der Waals surface area contributed by atoms with Crippen LogP contribution in [0.25, 0.3) is 0 Å². The van der Waals surface area contributed by atoms with Gasteiger partial charge in [0, 0.05) is 34.7 Å². The molecule has 7 nitrogen and oxygen atoms in total. The summed E-state index contributed by atoms with van der Waals surface area (Å²) in [5.41, 5.74) is -3.90. The molecule has 1 atom stereocenters. The van der Waals surface area contributed by atoms with E-state index in [9.17, 15) is 27.9 Å². The van der Waals surface area contributed by atoms with Gasteiger partial charge >= 0.3 is 12.3 Å². The Hall–Kier alpha value is -2.85. The summed E-state index contributed by atoms with van der Waals surface area (Å²) in [7, 11) is 0. The monoisotopic (exact) mass is 643 g/mol. The first-order chi connectivity index (χ1) is 17.6. The minimum absolute atomic E-state index is 0.0742. The molecule has 0 saturated carbocycles. The third kappa shape index (κ3) is 7.38. The average molecular weight is 643 g/mol. The Morgan fingerprint density at radius 1 is 1.16 bits per heavy atom. The molecule has 2 aromatic rings. The molecule has 2 amide bonds. The second kappa shape index (κ2) is 11.5. The molecule has 1 unspecified atom stereocenters. The van der Waals surface area contributed by atoms with E-state index in [1.165, 1.54) is 17.0 Å². The zero-order valence-electron chi connectivity index (χ0n) is 21.2. The Morgan fingerprint density at radius 3 is 2.37 bits per heavy atom. The zero-order valence-corrected chi connectivity index (χ0v) is 23.4. The van der Waals surface area contributed by atoms with Gasteiger partial charge in [-0.1, -0.05) is 12.1 Å². The van der Waals surface area contributed by atoms with Crippen LogP contribution in [0.4, 0.5) is 23.7 Å². The van der Waals surface area contributed by atoms with Gasteiger partial charge in [0.1, 0.15) is 11.2 Å². The van der Waals surface area contributed by atoms with Crippen LogP contribution < -0.4 is 5.32 Å². The van der Waals surface area contributed by atoms with E-state index in [1.807, 2.05) is 12.1 Å². The summed E-state index contributed by atoms with van der Waals surface area (Å²) in [6.07, 6.45) is -4.78. The van der Waals surface area contributed by atoms with Crippen LogP contribution in [0.2, 0.25) is 0 Å². The number of nitrogens with one attached hydrogen (secondary N) is 1. The lowest BCUT2D eigenvalue weighted by atomic mass is 9.76. The van der Waals surface area contributed by atoms with Crippen LogP contribution in [0.1, 0.15) is 50.3 Å². The van der Waals surface area contributed by atoms with Gasteiger partial charge in [-0.25, -0.2) is 4.79 Å². The summed E-state index contributed by atoms with van der Waals surface area (Å²) in [5, 5.41) is 23.3. The van der Waals surface area contributed by atoms with E-state index in [1.54, 1.807) is 32.9 Å². The van der Waals surface area contributed by atoms with Gasteiger partial charge in [0.15, 0.2) is 0 Å². The third-order valence-electron chi connectivity index (χ3n) is 6.28. The Kier molecular flexibility index (Phi) is 8.98. The number of anilines is 1. The number of hydrogen-bond donors (Lipinski definition) is 2. The number of carbonyl (C=O) groups excluding carboxylic acids is 2. The van der Waals surface area contributed by atoms with Crippen molar-refractivity contribution in [3.05, 3.63) is 62.7 Å². The fourth-order valence-electron chi connectivity index (χ4n) is 4.43. The van der Waals surface area contributed by atoms with E-state index in [-0.39, 0.29) is 38.0 Å². The molecule has 0 radical (unpaired) electrons. The predicted octanol–water partition coefficient (Wildman–Crippen LogP) is 5.74. The molecule has 1 aliphatic heterocycles. The van der Waals surface area contributed by atoms with Crippen molar-refractivity contribution in [1.29, 1.82) is 5.26 Å². The minimum atomic E-state index is -4.79. The molecule has 1 aliphatic rings. The van der Waals surface area contributed by atoms with Crippen molar-refractivity contribution in [1.82, 2.24) is 4.90 Å². The molecule has 204 valence electrons. The van der Waals surface area contributed by atoms with Crippen molar-refractivity contribution in [3.63, 3.8) is 0 Å². The van der Waals surface area contributed by atoms with Gasteiger partial charge < -0.3 is 20.1 Å². The van der Waals surface area contributed by atoms with Gasteiger partial charge in [-0.3, -0.25) is 4.79 Å². The molecule has 1 fully saturated rings. The Bertz CT molecular complexity index is 1230. The second-order valence-electron chi connectivity index (χ2n) is 10.3. The Labute approximate surface area is 233 Å². The number of halogens is 4. The largest absolute Gasteiger partial charge is 0.444 e. The highest BCUT2D eigenvalue weighted by Crippen LogP contribution is 2.36. The van der Waals surface area contributed by atoms with Crippen LogP contribution >= 0.6 is 22.6 Å². The lowest BCUT2D eigenvalue weighted by Crippen LogP contribution is -2.55. The maximum absolute atomic E-state index is 13.5. The summed E-state index contributed by atoms with van der Waals surface area (Å²) in [6.45, 7) is 5.77. The summed E-state index contributed by atoms with van der Waals surface area (Å²) in [4.78, 5) is 27.5. The SMILES string of the molecule is CC(C)(C)OC(=O)N1CCC(C(O)(Cc2cccc(I)c2)C(=O)Nc2ccc(C#N)c(C(F)(F)F)c2)CC1. The van der Waals surface area contributed by atoms with Crippen LogP contribution in [0.5, 0.6) is 0 Å². The number of alkyl halides is 3. The number of nitrogens with zero attached hydrogens (tertiary/aromatic N) is 2. The lowest BCUT2D eigenvalue weighted by Gasteiger charge is -2.41. The molecule has 11 heteroatoms. The molecule has 0 aromatic heterocycles. The van der Waals surface area contributed by atoms with Crippen molar-refractivity contribution in [2.75, 3.05) is 18.4 Å². The van der Waals surface area contributed by atoms with Crippen molar-refractivity contribution < 1.29 is 32.6 Å². The second-order valence-corrected chi connectivity index (χ2v) is 11.5. The summed E-state index contributed by atoms with van der Waals surface area (Å²) in [6, 6.07) is 11.6. The molecule has 2 N–H and O–H groups in total. The van der Waals surface area contributed by atoms with Crippen molar-refractivity contribution in [2.45, 2.75) is 57.4 Å². The van der Waals surface area contributed by atoms with Gasteiger partial charge in [0.25, 0.3) is 5.91 Å². The summed E-state index contributed by atoms with van der Waals surface area (Å²) in [5.74, 6) is -1.44. The summed E-state index contributed by atoms with van der Waals surface area (Å²) < 4.78 is 46.7. The van der Waals surface area contributed by atoms with Gasteiger partial charge in [0.05, 0.1) is 17.2 Å². The average Bonchev–Trinajstić information content (AvgIpc) is 2.82. The predicted molar refractivity (Wildman–Crippen MR) is 143 cm³/mol. The van der Waals surface area contributed by atoms with Crippen molar-refractivity contribution in [2.24, 2.45) is 5.92 Å². The van der Waals surface area contributed by atoms with E-state index in [0.29, 0.717) is 11.6 Å². The van der Waals surface area contributed by atoms with Gasteiger partial charge in [0.2, 0.25) is 0 Å². The number of carbonyl (C=O) groups is 2. The summed E-state index contributed by atoms with van der Waals surface area (Å²) >= 11 is 2.11. The van der Waals surface area contributed by atoms with E-state index < -0.39 is 46.4 Å². The van der Waals surface area contributed by atoms with E-state index in [4.69, 9.17) is 10.00 Å². The quantitative estimate of drug-likeness (QED) is 0.405. The molecule has 0 spiro atoms. The number of benzene rings is 2. The minimum Gasteiger partial charge on any atom is -0.444 e. The fourth-order valence-corrected chi connectivity index (χ4v) is 5.04. The van der Waals surface area contributed by atoms with Gasteiger partial charge in [-0.2, -0.15) is 18.4 Å². The molecule has 3 rings (SSSR count). The fraction of sp³-hybridized carbons (Fsp3) is 0.444. The lowest BCUT2D eigenvalue weighted by molar-refractivity contribution is -0.142. The molecule has 0 bridgehead atoms. The van der Waals surface area contributed by atoms with Crippen LogP contribution in [0.15, 0.2) is 42.5 Å². The Morgan fingerprint density at radius 2 is 1.82 bits per heavy atom. The van der Waals surface area contributed by atoms with Crippen molar-refractivity contribution in [3.8, 4) is 6.07 Å². The topological polar surface area (TPSA) is 103 Å². The van der Waals surface area contributed by atoms with E-state index in [0.717, 1.165) is 9.64 Å². The maximum Gasteiger partial charge on any atom is 0.417 e. The van der Waals surface area contributed by atoms with E-state index in [2.05, 4.69) is 27.9 Å². The highest BCUT2D eigenvalue weighted by molar-refractivity contribution is 14.1. The van der Waals surface area contributed by atoms with E-state index >= 15 is 0 Å². The van der Waals surface area contributed by atoms with Crippen LogP contribution in [-0.4, -0.2) is 46.3 Å². The number of likely N-dealkylation sites (tertiary alicyclic amines) is 1. The van der Waals surface area contributed by atoms with Crippen LogP contribution in [0.3, 0.4) is 0 Å². The highest BCUT2D eigenvalue weighted by atomic mass is 127. The maximum atomic E-state index is 13.5. The number of piperidine rings is 1. The first-order valence-corrected chi connectivity index (χ1v) is 13.1. The molecule has 2 aromatic carbocycles. The van der Waals surface area contributed by atoms with Crippen LogP contribution in [-0.2, 0) is 22.1 Å². The number of aliphatic hydroxyl groups is 1. The highest BCUT2D eigenvalue weighted by Gasteiger charge is 2.46. The smallest absolute Gasteiger partial charge is 0.417 e. The first-order valence-electron chi connectivity index (χ1n) is 12.0. The molecule has 1 heterocycles. The first kappa shape index (κ1) is 29.7. The van der Waals surface area contributed by atoms with Crippen molar-refractivity contribution >= 4 is 40.3 Å². The molecular formula is C27H29F3IN3O4. The number of amides is 2. The Balaban J connectivity index is 1.87. The zero-order chi connectivity index (χ0) is 28.3. The number of nitriles is 1. The van der Waals surface area contributed by atoms with Gasteiger partial charge in [-0.15, -0.1) is 0 Å². The number of hydrogen-bond acceptors (Lipinski definition) is 5.